The van der Waals surface area contributed by atoms with Gasteiger partial charge >= 0.3 is 0 Å². The molecule has 2 aromatic heterocycles. The number of hydrogen-bond donors (Lipinski definition) is 0. The van der Waals surface area contributed by atoms with Crippen LogP contribution >= 0.6 is 0 Å². The number of hydrogen-bond acceptors (Lipinski definition) is 0. The van der Waals surface area contributed by atoms with Crippen LogP contribution < -0.4 is 0 Å². The lowest BCUT2D eigenvalue weighted by Crippen LogP contribution is -1.93. The molecule has 0 N–H and O–H groups in total. The Labute approximate surface area is 169 Å². The van der Waals surface area contributed by atoms with Gasteiger partial charge in [0.15, 0.2) is 0 Å². The number of benzene rings is 4. The van der Waals surface area contributed by atoms with Crippen LogP contribution in [0.5, 0.6) is 0 Å². The van der Waals surface area contributed by atoms with E-state index in [1.165, 1.54) is 49.3 Å². The lowest BCUT2D eigenvalue weighted by atomic mass is 10.1. The lowest BCUT2D eigenvalue weighted by molar-refractivity contribution is 1.18. The van der Waals surface area contributed by atoms with Crippen molar-refractivity contribution in [2.45, 2.75) is 7.43 Å². The molecule has 0 radical (unpaired) electrons. The van der Waals surface area contributed by atoms with E-state index in [4.69, 9.17) is 0 Å². The first kappa shape index (κ1) is 17.3. The Hall–Kier alpha value is -3.78. The van der Waals surface area contributed by atoms with Gasteiger partial charge in [-0.2, -0.15) is 0 Å². The normalized spacial score (nSPS) is 11.3. The van der Waals surface area contributed by atoms with Gasteiger partial charge in [-0.1, -0.05) is 74.7 Å². The van der Waals surface area contributed by atoms with E-state index < -0.39 is 0 Å². The molecular weight excluding hydrogens is 352 g/mol. The molecule has 6 rings (SSSR count). The van der Waals surface area contributed by atoms with Gasteiger partial charge in [0.25, 0.3) is 0 Å². The zero-order chi connectivity index (χ0) is 18.7. The summed E-state index contributed by atoms with van der Waals surface area (Å²) in [6, 6.07) is 32.3. The maximum atomic E-state index is 4.11. The van der Waals surface area contributed by atoms with Crippen LogP contribution in [0, 0.1) is 0 Å². The van der Waals surface area contributed by atoms with Crippen LogP contribution in [-0.2, 0) is 0 Å². The highest BCUT2D eigenvalue weighted by Crippen LogP contribution is 2.40. The van der Waals surface area contributed by atoms with Crippen molar-refractivity contribution in [2.75, 3.05) is 0 Å². The number of aromatic nitrogens is 2. The van der Waals surface area contributed by atoms with E-state index in [1.807, 2.05) is 6.20 Å². The molecule has 0 amide bonds. The summed E-state index contributed by atoms with van der Waals surface area (Å²) >= 11 is 0. The number of rotatable bonds is 2. The maximum Gasteiger partial charge on any atom is 0.0635 e. The standard InChI is InChI=1S/C26H18N2.CH4/c1-2-27-22-14-8-6-12-19(22)20-16-17-24-25(26(20)27)21-13-7-9-15-23(21)28(24)18-10-4-3-5-11-18;/h2-17H,1H2;1H4. The third-order valence-electron chi connectivity index (χ3n) is 5.70. The third-order valence-corrected chi connectivity index (χ3v) is 5.70. The third kappa shape index (κ3) is 2.23. The topological polar surface area (TPSA) is 9.86 Å². The van der Waals surface area contributed by atoms with Crippen molar-refractivity contribution in [3.8, 4) is 5.69 Å². The predicted molar refractivity (Wildman–Crippen MR) is 127 cm³/mol. The summed E-state index contributed by atoms with van der Waals surface area (Å²) in [6.45, 7) is 4.11. The van der Waals surface area contributed by atoms with Crippen LogP contribution in [0.2, 0.25) is 0 Å². The number of nitrogens with zero attached hydrogens (tertiary/aromatic N) is 2. The number of para-hydroxylation sites is 3. The van der Waals surface area contributed by atoms with Crippen molar-refractivity contribution < 1.29 is 0 Å². The van der Waals surface area contributed by atoms with E-state index in [9.17, 15) is 0 Å². The molecule has 0 spiro atoms. The summed E-state index contributed by atoms with van der Waals surface area (Å²) in [6.07, 6.45) is 1.93. The Balaban J connectivity index is 0.00000181. The van der Waals surface area contributed by atoms with E-state index in [2.05, 4.69) is 107 Å². The molecule has 2 heteroatoms. The first-order valence-corrected chi connectivity index (χ1v) is 9.51. The molecule has 0 aliphatic carbocycles. The molecule has 4 aromatic carbocycles. The van der Waals surface area contributed by atoms with Gasteiger partial charge in [-0.15, -0.1) is 0 Å². The minimum Gasteiger partial charge on any atom is -0.316 e. The second kappa shape index (κ2) is 6.39. The molecule has 0 fully saturated rings. The second-order valence-electron chi connectivity index (χ2n) is 7.11. The summed E-state index contributed by atoms with van der Waals surface area (Å²) < 4.78 is 4.59. The minimum atomic E-state index is 0. The molecule has 0 aliphatic rings. The SMILES string of the molecule is C.C=Cn1c2ccccc2c2ccc3c(c4ccccc4n3-c3ccccc3)c21. The predicted octanol–water partition coefficient (Wildman–Crippen LogP) is 7.63. The lowest BCUT2D eigenvalue weighted by Gasteiger charge is -2.07. The second-order valence-corrected chi connectivity index (χ2v) is 7.11. The van der Waals surface area contributed by atoms with Crippen LogP contribution in [0.3, 0.4) is 0 Å². The van der Waals surface area contributed by atoms with Gasteiger partial charge in [0.05, 0.1) is 22.1 Å². The Morgan fingerprint density at radius 3 is 2.00 bits per heavy atom. The van der Waals surface area contributed by atoms with E-state index in [1.54, 1.807) is 0 Å². The van der Waals surface area contributed by atoms with E-state index in [0.717, 1.165) is 0 Å². The van der Waals surface area contributed by atoms with Crippen molar-refractivity contribution >= 4 is 49.8 Å². The van der Waals surface area contributed by atoms with Crippen LogP contribution in [0.15, 0.2) is 97.6 Å². The van der Waals surface area contributed by atoms with Crippen molar-refractivity contribution in [3.05, 3.63) is 97.6 Å². The summed E-state index contributed by atoms with van der Waals surface area (Å²) in [7, 11) is 0. The van der Waals surface area contributed by atoms with Crippen molar-refractivity contribution in [2.24, 2.45) is 0 Å². The molecule has 2 heterocycles. The molecule has 0 saturated carbocycles. The van der Waals surface area contributed by atoms with Crippen molar-refractivity contribution in [1.29, 1.82) is 0 Å². The Morgan fingerprint density at radius 1 is 0.586 bits per heavy atom. The fourth-order valence-electron chi connectivity index (χ4n) is 4.59. The molecule has 29 heavy (non-hydrogen) atoms. The molecule has 0 unspecified atom stereocenters. The highest BCUT2D eigenvalue weighted by molar-refractivity contribution is 6.26. The average molecular weight is 374 g/mol. The monoisotopic (exact) mass is 374 g/mol. The molecule has 0 bridgehead atoms. The molecule has 0 atom stereocenters. The van der Waals surface area contributed by atoms with Crippen LogP contribution in [0.4, 0.5) is 0 Å². The van der Waals surface area contributed by atoms with Gasteiger partial charge in [0.2, 0.25) is 0 Å². The highest BCUT2D eigenvalue weighted by atomic mass is 15.0. The molecule has 0 aliphatic heterocycles. The molecular formula is C27H22N2. The highest BCUT2D eigenvalue weighted by Gasteiger charge is 2.18. The van der Waals surface area contributed by atoms with Crippen LogP contribution in [-0.4, -0.2) is 9.13 Å². The van der Waals surface area contributed by atoms with Crippen molar-refractivity contribution in [1.82, 2.24) is 9.13 Å². The largest absolute Gasteiger partial charge is 0.316 e. The quantitative estimate of drug-likeness (QED) is 0.295. The first-order chi connectivity index (χ1) is 13.9. The maximum absolute atomic E-state index is 4.11. The van der Waals surface area contributed by atoms with Crippen molar-refractivity contribution in [3.63, 3.8) is 0 Å². The summed E-state index contributed by atoms with van der Waals surface area (Å²) in [5.74, 6) is 0. The van der Waals surface area contributed by atoms with E-state index in [-0.39, 0.29) is 7.43 Å². The zero-order valence-corrected chi connectivity index (χ0v) is 15.3. The van der Waals surface area contributed by atoms with Gasteiger partial charge < -0.3 is 9.13 Å². The Morgan fingerprint density at radius 2 is 1.24 bits per heavy atom. The van der Waals surface area contributed by atoms with Gasteiger partial charge in [0.1, 0.15) is 0 Å². The molecule has 140 valence electrons. The molecule has 6 aromatic rings. The van der Waals surface area contributed by atoms with E-state index >= 15 is 0 Å². The van der Waals surface area contributed by atoms with Gasteiger partial charge in [0, 0.05) is 33.4 Å². The van der Waals surface area contributed by atoms with Gasteiger partial charge in [-0.25, -0.2) is 0 Å². The smallest absolute Gasteiger partial charge is 0.0635 e. The van der Waals surface area contributed by atoms with Crippen LogP contribution in [0.25, 0.3) is 55.5 Å². The molecule has 0 saturated heterocycles. The summed E-state index contributed by atoms with van der Waals surface area (Å²) in [5, 5.41) is 5.06. The zero-order valence-electron chi connectivity index (χ0n) is 15.3. The van der Waals surface area contributed by atoms with Gasteiger partial charge in [-0.05, 0) is 30.3 Å². The average Bonchev–Trinajstić information content (AvgIpc) is 3.27. The summed E-state index contributed by atoms with van der Waals surface area (Å²) in [4.78, 5) is 0. The van der Waals surface area contributed by atoms with E-state index in [0.29, 0.717) is 0 Å². The van der Waals surface area contributed by atoms with Gasteiger partial charge in [-0.3, -0.25) is 0 Å². The van der Waals surface area contributed by atoms with Crippen LogP contribution in [0.1, 0.15) is 7.43 Å². The molecule has 2 nitrogen and oxygen atoms in total. The number of fused-ring (bicyclic) bond motifs is 7. The Kier molecular flexibility index (Phi) is 3.82. The fraction of sp³-hybridized carbons (Fsp3) is 0.0370. The summed E-state index contributed by atoms with van der Waals surface area (Å²) in [5.41, 5.74) is 6.02. The fourth-order valence-corrected chi connectivity index (χ4v) is 4.59. The Bertz CT molecular complexity index is 1510. The minimum absolute atomic E-state index is 0. The first-order valence-electron chi connectivity index (χ1n) is 9.51.